The molecule has 144 valence electrons. The molecule has 1 aromatic heterocycles. The summed E-state index contributed by atoms with van der Waals surface area (Å²) in [6, 6.07) is 6.47. The first-order valence-corrected chi connectivity index (χ1v) is 9.75. The van der Waals surface area contributed by atoms with E-state index in [1.54, 1.807) is 6.20 Å². The molecule has 0 radical (unpaired) electrons. The van der Waals surface area contributed by atoms with E-state index in [0.717, 1.165) is 59.3 Å². The number of hydrogen-bond donors (Lipinski definition) is 3. The molecule has 4 rings (SSSR count). The number of benzene rings is 1. The summed E-state index contributed by atoms with van der Waals surface area (Å²) in [5.41, 5.74) is 4.59. The lowest BCUT2D eigenvalue weighted by molar-refractivity contribution is 0.275. The largest absolute Gasteiger partial charge is 0.492 e. The molecule has 0 unspecified atom stereocenters. The molecule has 1 aliphatic heterocycles. The number of rotatable bonds is 4. The third-order valence-electron chi connectivity index (χ3n) is 5.60. The van der Waals surface area contributed by atoms with Gasteiger partial charge in [-0.2, -0.15) is 10.2 Å². The van der Waals surface area contributed by atoms with Crippen LogP contribution in [0.25, 0.3) is 0 Å². The third-order valence-corrected chi connectivity index (χ3v) is 5.60. The van der Waals surface area contributed by atoms with E-state index in [9.17, 15) is 10.3 Å². The third kappa shape index (κ3) is 3.68. The highest BCUT2D eigenvalue weighted by molar-refractivity contribution is 6.62. The zero-order chi connectivity index (χ0) is 19.7. The molecule has 1 fully saturated rings. The normalized spacial score (nSPS) is 21.1. The smallest absolute Gasteiger partial charge is 0.423 e. The number of aryl methyl sites for hydroxylation is 2. The summed E-state index contributed by atoms with van der Waals surface area (Å²) < 4.78 is 5.31. The van der Waals surface area contributed by atoms with Crippen LogP contribution in [0.4, 0.5) is 17.5 Å². The molecule has 0 amide bonds. The van der Waals surface area contributed by atoms with Gasteiger partial charge < -0.3 is 20.3 Å². The summed E-state index contributed by atoms with van der Waals surface area (Å²) in [4.78, 5) is 9.04. The van der Waals surface area contributed by atoms with Crippen LogP contribution in [0.5, 0.6) is 0 Å². The second kappa shape index (κ2) is 7.78. The van der Waals surface area contributed by atoms with Crippen molar-refractivity contribution in [3.8, 4) is 6.07 Å². The van der Waals surface area contributed by atoms with E-state index >= 15 is 0 Å². The topological polar surface area (TPSA) is 103 Å². The number of fused-ring (bicyclic) bond motifs is 1. The van der Waals surface area contributed by atoms with Crippen LogP contribution in [0.1, 0.15) is 42.4 Å². The second-order valence-electron chi connectivity index (χ2n) is 7.65. The lowest BCUT2D eigenvalue weighted by Gasteiger charge is -2.28. The van der Waals surface area contributed by atoms with E-state index in [0.29, 0.717) is 12.6 Å². The number of nitrogens with one attached hydrogen (secondary N) is 2. The highest BCUT2D eigenvalue weighted by Crippen LogP contribution is 2.28. The minimum Gasteiger partial charge on any atom is -0.423 e. The highest BCUT2D eigenvalue weighted by atomic mass is 16.5. The van der Waals surface area contributed by atoms with Gasteiger partial charge in [-0.3, -0.25) is 0 Å². The van der Waals surface area contributed by atoms with Gasteiger partial charge in [0.05, 0.1) is 18.6 Å². The van der Waals surface area contributed by atoms with E-state index < -0.39 is 7.12 Å². The second-order valence-corrected chi connectivity index (χ2v) is 7.65. The van der Waals surface area contributed by atoms with Gasteiger partial charge in [0.25, 0.3) is 0 Å². The van der Waals surface area contributed by atoms with Gasteiger partial charge in [0.15, 0.2) is 0 Å². The Bertz CT molecular complexity index is 930. The fraction of sp³-hybridized carbons (Fsp3) is 0.450. The van der Waals surface area contributed by atoms with Gasteiger partial charge in [-0.05, 0) is 55.4 Å². The van der Waals surface area contributed by atoms with Crippen molar-refractivity contribution in [3.05, 3.63) is 35.0 Å². The summed E-state index contributed by atoms with van der Waals surface area (Å²) in [5.74, 6) is 1.28. The lowest BCUT2D eigenvalue weighted by Crippen LogP contribution is -2.32. The quantitative estimate of drug-likeness (QED) is 0.704. The molecule has 1 saturated carbocycles. The molecule has 1 aliphatic carbocycles. The number of hydrogen-bond acceptors (Lipinski definition) is 7. The molecule has 3 N–H and O–H groups in total. The molecule has 2 atom stereocenters. The first kappa shape index (κ1) is 18.7. The molecule has 1 aromatic carbocycles. The van der Waals surface area contributed by atoms with Gasteiger partial charge >= 0.3 is 7.12 Å². The van der Waals surface area contributed by atoms with Gasteiger partial charge in [0.2, 0.25) is 5.95 Å². The Morgan fingerprint density at radius 1 is 1.25 bits per heavy atom. The molecule has 8 heteroatoms. The highest BCUT2D eigenvalue weighted by Gasteiger charge is 2.29. The van der Waals surface area contributed by atoms with Crippen molar-refractivity contribution in [2.45, 2.75) is 52.2 Å². The van der Waals surface area contributed by atoms with Crippen LogP contribution in [0.3, 0.4) is 0 Å². The van der Waals surface area contributed by atoms with Crippen LogP contribution >= 0.6 is 0 Å². The molecule has 0 bridgehead atoms. The SMILES string of the molecule is Cc1cnc(Nc2cc(C)c3c(c2)COB3O)nc1N[C@@H]1CCCC[C@H]1C#N. The van der Waals surface area contributed by atoms with E-state index in [2.05, 4.69) is 26.7 Å². The van der Waals surface area contributed by atoms with Crippen LogP contribution in [0.2, 0.25) is 0 Å². The van der Waals surface area contributed by atoms with Gasteiger partial charge in [0, 0.05) is 23.5 Å². The summed E-state index contributed by atoms with van der Waals surface area (Å²) in [6.07, 6.45) is 5.95. The Kier molecular flexibility index (Phi) is 5.20. The summed E-state index contributed by atoms with van der Waals surface area (Å²) in [5, 5.41) is 26.0. The van der Waals surface area contributed by atoms with E-state index in [1.807, 2.05) is 26.0 Å². The maximum Gasteiger partial charge on any atom is 0.492 e. The number of anilines is 3. The predicted molar refractivity (Wildman–Crippen MR) is 109 cm³/mol. The van der Waals surface area contributed by atoms with Crippen molar-refractivity contribution in [1.29, 1.82) is 5.26 Å². The fourth-order valence-corrected chi connectivity index (χ4v) is 4.08. The zero-order valence-electron chi connectivity index (χ0n) is 16.2. The van der Waals surface area contributed by atoms with E-state index in [-0.39, 0.29) is 12.0 Å². The van der Waals surface area contributed by atoms with E-state index in [1.165, 1.54) is 0 Å². The summed E-state index contributed by atoms with van der Waals surface area (Å²) in [7, 11) is -0.848. The van der Waals surface area contributed by atoms with Gasteiger partial charge in [-0.15, -0.1) is 0 Å². The minimum atomic E-state index is -0.848. The minimum absolute atomic E-state index is 0.0188. The molecule has 28 heavy (non-hydrogen) atoms. The Hall–Kier alpha value is -2.63. The van der Waals surface area contributed by atoms with Crippen molar-refractivity contribution < 1.29 is 9.68 Å². The summed E-state index contributed by atoms with van der Waals surface area (Å²) >= 11 is 0. The van der Waals surface area contributed by atoms with Crippen LogP contribution in [0.15, 0.2) is 18.3 Å². The average molecular weight is 377 g/mol. The van der Waals surface area contributed by atoms with Gasteiger partial charge in [0.1, 0.15) is 5.82 Å². The molecule has 2 aliphatic rings. The van der Waals surface area contributed by atoms with Crippen molar-refractivity contribution in [1.82, 2.24) is 9.97 Å². The Balaban J connectivity index is 1.55. The average Bonchev–Trinajstić information content (AvgIpc) is 3.06. The van der Waals surface area contributed by atoms with Crippen LogP contribution < -0.4 is 16.1 Å². The van der Waals surface area contributed by atoms with Crippen molar-refractivity contribution in [2.75, 3.05) is 10.6 Å². The predicted octanol–water partition coefficient (Wildman–Crippen LogP) is 2.55. The maximum atomic E-state index is 9.91. The number of aromatic nitrogens is 2. The Morgan fingerprint density at radius 2 is 2.07 bits per heavy atom. The number of nitrogens with zero attached hydrogens (tertiary/aromatic N) is 3. The van der Waals surface area contributed by atoms with Crippen molar-refractivity contribution >= 4 is 30.0 Å². The maximum absolute atomic E-state index is 9.91. The fourth-order valence-electron chi connectivity index (χ4n) is 4.08. The number of nitriles is 1. The zero-order valence-corrected chi connectivity index (χ0v) is 16.2. The first-order valence-electron chi connectivity index (χ1n) is 9.75. The van der Waals surface area contributed by atoms with Crippen molar-refractivity contribution in [3.63, 3.8) is 0 Å². The van der Waals surface area contributed by atoms with Gasteiger partial charge in [-0.25, -0.2) is 4.98 Å². The lowest BCUT2D eigenvalue weighted by atomic mass is 9.76. The standard InChI is InChI=1S/C20H24BN5O2/c1-12-7-16(8-15-11-28-21(27)18(12)15)24-20-23-10-13(2)19(26-20)25-17-6-4-3-5-14(17)9-22/h7-8,10,14,17,27H,3-6,11H2,1-2H3,(H2,23,24,25,26)/t14-,17+/m0/s1. The van der Waals surface area contributed by atoms with Crippen LogP contribution in [0, 0.1) is 31.1 Å². The molecule has 0 spiro atoms. The molecule has 2 heterocycles. The first-order chi connectivity index (χ1) is 13.5. The molecular formula is C20H24BN5O2. The Labute approximate surface area is 165 Å². The Morgan fingerprint density at radius 3 is 2.89 bits per heavy atom. The van der Waals surface area contributed by atoms with Crippen molar-refractivity contribution in [2.24, 2.45) is 5.92 Å². The van der Waals surface area contributed by atoms with Crippen LogP contribution in [-0.4, -0.2) is 28.2 Å². The molecular weight excluding hydrogens is 353 g/mol. The van der Waals surface area contributed by atoms with E-state index in [4.69, 9.17) is 4.65 Å². The van der Waals surface area contributed by atoms with Crippen LogP contribution in [-0.2, 0) is 11.3 Å². The molecule has 0 saturated heterocycles. The molecule has 2 aromatic rings. The summed E-state index contributed by atoms with van der Waals surface area (Å²) in [6.45, 7) is 4.32. The van der Waals surface area contributed by atoms with Gasteiger partial charge in [-0.1, -0.05) is 12.8 Å². The molecule has 7 nitrogen and oxygen atoms in total. The monoisotopic (exact) mass is 377 g/mol.